The maximum Gasteiger partial charge on any atom is 0.416 e. The van der Waals surface area contributed by atoms with Crippen molar-refractivity contribution in [3.63, 3.8) is 0 Å². The molecule has 3 nitrogen and oxygen atoms in total. The third-order valence-corrected chi connectivity index (χ3v) is 17.7. The molecule has 10 heteroatoms. The normalized spacial score (nSPS) is 12.7. The van der Waals surface area contributed by atoms with Crippen molar-refractivity contribution in [2.24, 2.45) is 0 Å². The number of benzene rings is 13. The number of hydrogen-bond donors (Lipinski definition) is 0. The third kappa shape index (κ3) is 9.33. The van der Waals surface area contributed by atoms with Gasteiger partial charge in [-0.15, -0.1) is 0 Å². The first kappa shape index (κ1) is 54.3. The first-order valence-electron chi connectivity index (χ1n) is 29.8. The van der Waals surface area contributed by atoms with Crippen LogP contribution in [0.3, 0.4) is 0 Å². The topological polar surface area (TPSA) is 11.4 Å². The van der Waals surface area contributed by atoms with Crippen molar-refractivity contribution in [1.82, 2.24) is 4.57 Å². The van der Waals surface area contributed by atoms with Crippen LogP contribution in [0.15, 0.2) is 303 Å². The quantitative estimate of drug-likeness (QED) is 0.105. The average Bonchev–Trinajstić information content (AvgIpc) is 0.836. The monoisotopic (exact) mass is 1180 g/mol. The second-order valence-corrected chi connectivity index (χ2v) is 23.0. The van der Waals surface area contributed by atoms with Gasteiger partial charge in [0.05, 0.1) is 27.8 Å². The molecular formula is C80H50BF6N3. The Morgan fingerprint density at radius 2 is 0.678 bits per heavy atom. The predicted molar refractivity (Wildman–Crippen MR) is 357 cm³/mol. The summed E-state index contributed by atoms with van der Waals surface area (Å²) in [5.74, 6) is 0. The first-order chi connectivity index (χ1) is 43.9. The summed E-state index contributed by atoms with van der Waals surface area (Å²) in [4.78, 5) is 4.86. The van der Waals surface area contributed by atoms with Crippen LogP contribution in [-0.4, -0.2) is 11.3 Å². The number of hydrogen-bond acceptors (Lipinski definition) is 2. The van der Waals surface area contributed by atoms with Crippen LogP contribution in [0.5, 0.6) is 0 Å². The van der Waals surface area contributed by atoms with E-state index >= 15 is 0 Å². The molecule has 1 aromatic heterocycles. The van der Waals surface area contributed by atoms with E-state index in [0.717, 1.165) is 141 Å². The molecule has 13 aromatic carbocycles. The average molecular weight is 1180 g/mol. The summed E-state index contributed by atoms with van der Waals surface area (Å²) < 4.78 is 89.0. The summed E-state index contributed by atoms with van der Waals surface area (Å²) >= 11 is 0. The lowest BCUT2D eigenvalue weighted by Crippen LogP contribution is -2.61. The van der Waals surface area contributed by atoms with Crippen LogP contribution in [0.2, 0.25) is 0 Å². The molecule has 0 radical (unpaired) electrons. The van der Waals surface area contributed by atoms with E-state index in [9.17, 15) is 26.3 Å². The number of aromatic nitrogens is 1. The van der Waals surface area contributed by atoms with Crippen molar-refractivity contribution in [3.8, 4) is 72.4 Å². The molecule has 0 spiro atoms. The first-order valence-corrected chi connectivity index (χ1v) is 29.8. The molecule has 90 heavy (non-hydrogen) atoms. The van der Waals surface area contributed by atoms with Gasteiger partial charge in [-0.3, -0.25) is 0 Å². The highest BCUT2D eigenvalue weighted by Gasteiger charge is 2.44. The standard InChI is InChI=1S/C80H50BF6N3/c82-79(83,84)62-29-19-28-56(42-62)67-50-63(80(85,86)87)37-39-72(67)90-71-33-16-13-30-66(71)68-47-55(36-38-73(68)90)61-48-76-78-77(49-61)89(65-45-59(53-24-9-3-10-25-53)41-60(46-65)54-26-11-4-12-27-54)75-35-18-15-32-70(75)81(78)69-31-14-17-34-74(69)88(76)64-43-57(51-20-5-1-6-21-51)40-58(44-64)52-22-7-2-8-23-52/h1-50H. The second kappa shape index (κ2) is 21.4. The van der Waals surface area contributed by atoms with Gasteiger partial charge in [-0.2, -0.15) is 26.3 Å². The summed E-state index contributed by atoms with van der Waals surface area (Å²) in [6.45, 7) is -0.198. The Morgan fingerprint density at radius 3 is 1.18 bits per heavy atom. The van der Waals surface area contributed by atoms with E-state index < -0.39 is 23.5 Å². The van der Waals surface area contributed by atoms with E-state index in [-0.39, 0.29) is 17.8 Å². The van der Waals surface area contributed by atoms with Crippen molar-refractivity contribution < 1.29 is 26.3 Å². The predicted octanol–water partition coefficient (Wildman–Crippen LogP) is 20.9. The van der Waals surface area contributed by atoms with Gasteiger partial charge in [0.1, 0.15) is 0 Å². The maximum atomic E-state index is 14.7. The third-order valence-electron chi connectivity index (χ3n) is 17.7. The Kier molecular flexibility index (Phi) is 12.9. The summed E-state index contributed by atoms with van der Waals surface area (Å²) in [5.41, 5.74) is 19.4. The van der Waals surface area contributed by atoms with Crippen LogP contribution in [0.4, 0.5) is 60.5 Å². The molecule has 0 saturated carbocycles. The fraction of sp³-hybridized carbons (Fsp3) is 0.0250. The number of anilines is 6. The van der Waals surface area contributed by atoms with Gasteiger partial charge in [-0.1, -0.05) is 194 Å². The molecule has 2 aliphatic heterocycles. The molecule has 0 N–H and O–H groups in total. The lowest BCUT2D eigenvalue weighted by atomic mass is 9.33. The van der Waals surface area contributed by atoms with Crippen molar-refractivity contribution >= 4 is 79.0 Å². The Hall–Kier alpha value is -11.1. The van der Waals surface area contributed by atoms with Crippen LogP contribution >= 0.6 is 0 Å². The fourth-order valence-corrected chi connectivity index (χ4v) is 13.7. The molecule has 3 heterocycles. The van der Waals surface area contributed by atoms with Crippen LogP contribution in [0.1, 0.15) is 11.1 Å². The zero-order valence-electron chi connectivity index (χ0n) is 48.1. The van der Waals surface area contributed by atoms with Crippen molar-refractivity contribution in [2.45, 2.75) is 12.4 Å². The number of alkyl halides is 6. The fourth-order valence-electron chi connectivity index (χ4n) is 13.7. The van der Waals surface area contributed by atoms with E-state index in [1.807, 2.05) is 65.2 Å². The Morgan fingerprint density at radius 1 is 0.256 bits per heavy atom. The maximum absolute atomic E-state index is 14.7. The number of fused-ring (bicyclic) bond motifs is 7. The molecule has 2 aliphatic rings. The molecule has 0 unspecified atom stereocenters. The highest BCUT2D eigenvalue weighted by molar-refractivity contribution is 7.00. The Labute approximate surface area is 516 Å². The number of nitrogens with zero attached hydrogens (tertiary/aromatic N) is 3. The smallest absolute Gasteiger partial charge is 0.311 e. The number of para-hydroxylation sites is 3. The molecule has 430 valence electrons. The lowest BCUT2D eigenvalue weighted by Gasteiger charge is -2.44. The minimum absolute atomic E-state index is 0.00227. The van der Waals surface area contributed by atoms with Crippen LogP contribution < -0.4 is 26.2 Å². The number of rotatable bonds is 9. The zero-order valence-corrected chi connectivity index (χ0v) is 48.1. The SMILES string of the molecule is FC(F)(F)c1cccc(-c2cc(C(F)(F)F)ccc2-n2c3ccccc3c3cc(-c4cc5c6c(c4)N(c4cc(-c7ccccc7)cc(-c7ccccc7)c4)c4ccccc4B6c4ccccc4N5c4cc(-c5ccccc5)cc(-c5ccccc5)c4)ccc32)c1. The summed E-state index contributed by atoms with van der Waals surface area (Å²) in [6, 6.07) is 99.3. The van der Waals surface area contributed by atoms with E-state index in [2.05, 4.69) is 210 Å². The number of halogens is 6. The van der Waals surface area contributed by atoms with Crippen molar-refractivity contribution in [3.05, 3.63) is 314 Å². The molecule has 0 atom stereocenters. The molecule has 0 aliphatic carbocycles. The largest absolute Gasteiger partial charge is 0.416 e. The Balaban J connectivity index is 0.980. The van der Waals surface area contributed by atoms with Crippen molar-refractivity contribution in [1.29, 1.82) is 0 Å². The van der Waals surface area contributed by atoms with Gasteiger partial charge < -0.3 is 14.4 Å². The van der Waals surface area contributed by atoms with Crippen LogP contribution in [-0.2, 0) is 12.4 Å². The molecule has 0 bridgehead atoms. The minimum atomic E-state index is -4.77. The molecule has 0 amide bonds. The molecule has 0 fully saturated rings. The zero-order chi connectivity index (χ0) is 60.8. The van der Waals surface area contributed by atoms with E-state index in [0.29, 0.717) is 16.7 Å². The highest BCUT2D eigenvalue weighted by Crippen LogP contribution is 2.50. The summed E-state index contributed by atoms with van der Waals surface area (Å²) in [7, 11) is 0. The molecule has 16 rings (SSSR count). The lowest BCUT2D eigenvalue weighted by molar-refractivity contribution is -0.138. The summed E-state index contributed by atoms with van der Waals surface area (Å²) in [5, 5.41) is 1.62. The van der Waals surface area contributed by atoms with Gasteiger partial charge >= 0.3 is 12.4 Å². The molecule has 14 aromatic rings. The highest BCUT2D eigenvalue weighted by atomic mass is 19.4. The van der Waals surface area contributed by atoms with E-state index in [4.69, 9.17) is 0 Å². The van der Waals surface area contributed by atoms with Crippen LogP contribution in [0.25, 0.3) is 94.3 Å². The Bertz CT molecular complexity index is 4810. The van der Waals surface area contributed by atoms with Gasteiger partial charge in [0, 0.05) is 50.5 Å². The molecular weight excluding hydrogens is 1130 g/mol. The van der Waals surface area contributed by atoms with Crippen LogP contribution in [0, 0.1) is 0 Å². The second-order valence-electron chi connectivity index (χ2n) is 23.0. The molecule has 0 saturated heterocycles. The van der Waals surface area contributed by atoms with Gasteiger partial charge in [0.15, 0.2) is 0 Å². The van der Waals surface area contributed by atoms with Gasteiger partial charge in [-0.25, -0.2) is 0 Å². The van der Waals surface area contributed by atoms with E-state index in [1.165, 1.54) is 18.2 Å². The van der Waals surface area contributed by atoms with E-state index in [1.54, 1.807) is 0 Å². The van der Waals surface area contributed by atoms with Crippen molar-refractivity contribution in [2.75, 3.05) is 9.80 Å². The minimum Gasteiger partial charge on any atom is -0.311 e. The van der Waals surface area contributed by atoms with Gasteiger partial charge in [-0.05, 0) is 187 Å². The summed E-state index contributed by atoms with van der Waals surface area (Å²) in [6.07, 6.45) is -9.50. The van der Waals surface area contributed by atoms with Gasteiger partial charge in [0.25, 0.3) is 6.71 Å². The van der Waals surface area contributed by atoms with Gasteiger partial charge in [0.2, 0.25) is 0 Å².